The van der Waals surface area contributed by atoms with Gasteiger partial charge in [0.25, 0.3) is 0 Å². The van der Waals surface area contributed by atoms with Crippen LogP contribution >= 0.6 is 0 Å². The molecule has 1 aromatic carbocycles. The average molecular weight is 247 g/mol. The lowest BCUT2D eigenvalue weighted by atomic mass is 10.1. The van der Waals surface area contributed by atoms with Crippen molar-refractivity contribution in [2.24, 2.45) is 4.99 Å². The summed E-state index contributed by atoms with van der Waals surface area (Å²) in [5.41, 5.74) is 1.84. The molecular formula is C13H17N3O2. The monoisotopic (exact) mass is 247 g/mol. The van der Waals surface area contributed by atoms with Crippen molar-refractivity contribution in [2.45, 2.75) is 6.42 Å². The number of rotatable bonds is 4. The zero-order chi connectivity index (χ0) is 13.0. The van der Waals surface area contributed by atoms with E-state index in [1.54, 1.807) is 11.9 Å². The summed E-state index contributed by atoms with van der Waals surface area (Å²) in [7, 11) is 1.77. The van der Waals surface area contributed by atoms with Gasteiger partial charge in [-0.2, -0.15) is 0 Å². The summed E-state index contributed by atoms with van der Waals surface area (Å²) in [6.45, 7) is 1.71. The van der Waals surface area contributed by atoms with E-state index < -0.39 is 5.97 Å². The zero-order valence-electron chi connectivity index (χ0n) is 10.4. The molecule has 0 aliphatic carbocycles. The van der Waals surface area contributed by atoms with E-state index >= 15 is 0 Å². The van der Waals surface area contributed by atoms with Gasteiger partial charge in [-0.1, -0.05) is 12.1 Å². The van der Waals surface area contributed by atoms with Gasteiger partial charge >= 0.3 is 5.97 Å². The summed E-state index contributed by atoms with van der Waals surface area (Å²) in [6.07, 6.45) is 1.04. The smallest absolute Gasteiger partial charge is 0.323 e. The molecule has 0 saturated carbocycles. The number of anilines is 1. The van der Waals surface area contributed by atoms with Crippen molar-refractivity contribution in [3.63, 3.8) is 0 Å². The topological polar surface area (TPSA) is 64.9 Å². The van der Waals surface area contributed by atoms with Gasteiger partial charge < -0.3 is 15.3 Å². The average Bonchev–Trinajstić information content (AvgIpc) is 2.39. The van der Waals surface area contributed by atoms with Gasteiger partial charge in [0.2, 0.25) is 0 Å². The number of hydrogen-bond donors (Lipinski definition) is 2. The SMILES string of the molecule is CN(CC(=O)O)c1ccccc1C1=NCCCN1. The van der Waals surface area contributed by atoms with Gasteiger partial charge in [-0.3, -0.25) is 9.79 Å². The van der Waals surface area contributed by atoms with E-state index in [1.165, 1.54) is 0 Å². The summed E-state index contributed by atoms with van der Waals surface area (Å²) < 4.78 is 0. The van der Waals surface area contributed by atoms with Gasteiger partial charge in [0.1, 0.15) is 12.4 Å². The summed E-state index contributed by atoms with van der Waals surface area (Å²) in [6, 6.07) is 7.72. The Bertz CT molecular complexity index is 471. The Morgan fingerprint density at radius 1 is 1.50 bits per heavy atom. The lowest BCUT2D eigenvalue weighted by Crippen LogP contribution is -2.33. The molecule has 1 aromatic rings. The van der Waals surface area contributed by atoms with E-state index in [0.29, 0.717) is 0 Å². The highest BCUT2D eigenvalue weighted by Crippen LogP contribution is 2.20. The number of amidine groups is 1. The van der Waals surface area contributed by atoms with Crippen LogP contribution in [0, 0.1) is 0 Å². The number of likely N-dealkylation sites (N-methyl/N-ethyl adjacent to an activating group) is 1. The Morgan fingerprint density at radius 2 is 2.28 bits per heavy atom. The van der Waals surface area contributed by atoms with Crippen LogP contribution in [-0.2, 0) is 4.79 Å². The molecule has 0 radical (unpaired) electrons. The number of carboxylic acids is 1. The standard InChI is InChI=1S/C13H17N3O2/c1-16(9-12(17)18)11-6-3-2-5-10(11)13-14-7-4-8-15-13/h2-3,5-6H,4,7-9H2,1H3,(H,14,15)(H,17,18). The van der Waals surface area contributed by atoms with Gasteiger partial charge in [-0.25, -0.2) is 0 Å². The van der Waals surface area contributed by atoms with E-state index in [4.69, 9.17) is 5.11 Å². The Morgan fingerprint density at radius 3 is 2.94 bits per heavy atom. The van der Waals surface area contributed by atoms with Crippen molar-refractivity contribution < 1.29 is 9.90 Å². The second kappa shape index (κ2) is 5.53. The Kier molecular flexibility index (Phi) is 3.82. The minimum Gasteiger partial charge on any atom is -0.480 e. The Balaban J connectivity index is 2.30. The third-order valence-electron chi connectivity index (χ3n) is 2.84. The van der Waals surface area contributed by atoms with Gasteiger partial charge in [-0.05, 0) is 18.6 Å². The second-order valence-corrected chi connectivity index (χ2v) is 4.28. The maximum absolute atomic E-state index is 10.8. The fourth-order valence-corrected chi connectivity index (χ4v) is 2.01. The molecule has 0 atom stereocenters. The third-order valence-corrected chi connectivity index (χ3v) is 2.84. The number of hydrogen-bond acceptors (Lipinski definition) is 4. The van der Waals surface area contributed by atoms with Crippen molar-refractivity contribution >= 4 is 17.5 Å². The molecule has 96 valence electrons. The zero-order valence-corrected chi connectivity index (χ0v) is 10.4. The minimum absolute atomic E-state index is 0.0235. The minimum atomic E-state index is -0.842. The molecule has 0 aromatic heterocycles. The lowest BCUT2D eigenvalue weighted by molar-refractivity contribution is -0.135. The van der Waals surface area contributed by atoms with Crippen LogP contribution in [0.3, 0.4) is 0 Å². The van der Waals surface area contributed by atoms with Crippen LogP contribution in [0.15, 0.2) is 29.3 Å². The molecule has 2 rings (SSSR count). The lowest BCUT2D eigenvalue weighted by Gasteiger charge is -2.23. The molecule has 2 N–H and O–H groups in total. The van der Waals surface area contributed by atoms with Gasteiger partial charge in [0.15, 0.2) is 0 Å². The van der Waals surface area contributed by atoms with Gasteiger partial charge in [-0.15, -0.1) is 0 Å². The number of carbonyl (C=O) groups is 1. The molecule has 0 amide bonds. The number of aliphatic carboxylic acids is 1. The van der Waals surface area contributed by atoms with Crippen LogP contribution in [0.25, 0.3) is 0 Å². The molecule has 0 fully saturated rings. The third kappa shape index (κ3) is 2.80. The number of para-hydroxylation sites is 1. The molecule has 1 aliphatic rings. The van der Waals surface area contributed by atoms with E-state index in [2.05, 4.69) is 10.3 Å². The highest BCUT2D eigenvalue weighted by molar-refractivity contribution is 6.04. The van der Waals surface area contributed by atoms with E-state index in [9.17, 15) is 4.79 Å². The molecule has 0 spiro atoms. The fraction of sp³-hybridized carbons (Fsp3) is 0.385. The number of benzene rings is 1. The molecule has 1 heterocycles. The molecule has 5 heteroatoms. The summed E-state index contributed by atoms with van der Waals surface area (Å²) >= 11 is 0. The maximum Gasteiger partial charge on any atom is 0.323 e. The Labute approximate surface area is 106 Å². The summed E-state index contributed by atoms with van der Waals surface area (Å²) in [5.74, 6) is 0.0138. The molecule has 0 saturated heterocycles. The quantitative estimate of drug-likeness (QED) is 0.831. The summed E-state index contributed by atoms with van der Waals surface area (Å²) in [4.78, 5) is 17.0. The predicted octanol–water partition coefficient (Wildman–Crippen LogP) is 0.947. The van der Waals surface area contributed by atoms with Crippen LogP contribution in [0.2, 0.25) is 0 Å². The fourth-order valence-electron chi connectivity index (χ4n) is 2.01. The van der Waals surface area contributed by atoms with Crippen LogP contribution in [0.1, 0.15) is 12.0 Å². The normalized spacial score (nSPS) is 14.6. The van der Waals surface area contributed by atoms with Crippen LogP contribution < -0.4 is 10.2 Å². The first-order valence-electron chi connectivity index (χ1n) is 5.99. The molecule has 18 heavy (non-hydrogen) atoms. The molecule has 5 nitrogen and oxygen atoms in total. The summed E-state index contributed by atoms with van der Waals surface area (Å²) in [5, 5.41) is 12.1. The largest absolute Gasteiger partial charge is 0.480 e. The molecule has 0 unspecified atom stereocenters. The van der Waals surface area contributed by atoms with E-state index in [0.717, 1.165) is 36.6 Å². The maximum atomic E-state index is 10.8. The number of nitrogens with zero attached hydrogens (tertiary/aromatic N) is 2. The first kappa shape index (κ1) is 12.4. The van der Waals surface area contributed by atoms with Gasteiger partial charge in [0.05, 0.1) is 0 Å². The van der Waals surface area contributed by atoms with Crippen molar-refractivity contribution in [3.8, 4) is 0 Å². The number of nitrogens with one attached hydrogen (secondary N) is 1. The predicted molar refractivity (Wildman–Crippen MR) is 71.4 cm³/mol. The van der Waals surface area contributed by atoms with Crippen LogP contribution in [0.5, 0.6) is 0 Å². The van der Waals surface area contributed by atoms with Crippen LogP contribution in [0.4, 0.5) is 5.69 Å². The highest BCUT2D eigenvalue weighted by atomic mass is 16.4. The van der Waals surface area contributed by atoms with E-state index in [-0.39, 0.29) is 6.54 Å². The Hall–Kier alpha value is -2.04. The number of aliphatic imine (C=N–C) groups is 1. The van der Waals surface area contributed by atoms with E-state index in [1.807, 2.05) is 24.3 Å². The van der Waals surface area contributed by atoms with Crippen LogP contribution in [-0.4, -0.2) is 43.6 Å². The second-order valence-electron chi connectivity index (χ2n) is 4.28. The molecule has 0 bridgehead atoms. The van der Waals surface area contributed by atoms with Crippen molar-refractivity contribution in [1.82, 2.24) is 5.32 Å². The molecule has 1 aliphatic heterocycles. The van der Waals surface area contributed by atoms with Crippen molar-refractivity contribution in [3.05, 3.63) is 29.8 Å². The van der Waals surface area contributed by atoms with Crippen molar-refractivity contribution in [2.75, 3.05) is 31.6 Å². The number of carboxylic acid groups (broad SMARTS) is 1. The van der Waals surface area contributed by atoms with Crippen molar-refractivity contribution in [1.29, 1.82) is 0 Å². The first-order valence-corrected chi connectivity index (χ1v) is 5.99. The highest BCUT2D eigenvalue weighted by Gasteiger charge is 2.15. The molecular weight excluding hydrogens is 230 g/mol. The van der Waals surface area contributed by atoms with Gasteiger partial charge in [0, 0.05) is 31.4 Å². The first-order chi connectivity index (χ1) is 8.68.